The summed E-state index contributed by atoms with van der Waals surface area (Å²) in [4.78, 5) is 3.94. The highest BCUT2D eigenvalue weighted by Gasteiger charge is 1.99. The van der Waals surface area contributed by atoms with E-state index in [-0.39, 0.29) is 0 Å². The van der Waals surface area contributed by atoms with Gasteiger partial charge in [-0.2, -0.15) is 0 Å². The molecule has 0 saturated carbocycles. The van der Waals surface area contributed by atoms with E-state index in [9.17, 15) is 0 Å². The van der Waals surface area contributed by atoms with E-state index in [1.807, 2.05) is 12.1 Å². The second-order valence-corrected chi connectivity index (χ2v) is 3.18. The predicted octanol–water partition coefficient (Wildman–Crippen LogP) is 1.78. The van der Waals surface area contributed by atoms with Crippen molar-refractivity contribution < 1.29 is 4.74 Å². The minimum absolute atomic E-state index is 0.526. The molecule has 1 aromatic heterocycles. The first-order valence-electron chi connectivity index (χ1n) is 4.45. The summed E-state index contributed by atoms with van der Waals surface area (Å²) in [6, 6.07) is 3.92. The van der Waals surface area contributed by atoms with Crippen molar-refractivity contribution in [2.75, 3.05) is 25.6 Å². The Hall–Kier alpha value is -1.09. The van der Waals surface area contributed by atoms with E-state index in [0.717, 1.165) is 18.8 Å². The first-order chi connectivity index (χ1) is 6.33. The molecule has 0 fully saturated rings. The first-order valence-corrected chi connectivity index (χ1v) is 4.45. The molecule has 1 unspecified atom stereocenters. The molecule has 1 heterocycles. The van der Waals surface area contributed by atoms with E-state index >= 15 is 0 Å². The molecule has 0 radical (unpaired) electrons. The van der Waals surface area contributed by atoms with Crippen LogP contribution in [0.25, 0.3) is 0 Å². The monoisotopic (exact) mass is 180 g/mol. The zero-order valence-corrected chi connectivity index (χ0v) is 8.16. The van der Waals surface area contributed by atoms with Crippen molar-refractivity contribution >= 4 is 5.69 Å². The van der Waals surface area contributed by atoms with Crippen LogP contribution < -0.4 is 5.32 Å². The van der Waals surface area contributed by atoms with Crippen LogP contribution in [0.2, 0.25) is 0 Å². The Kier molecular flexibility index (Phi) is 4.26. The van der Waals surface area contributed by atoms with Gasteiger partial charge in [0.15, 0.2) is 0 Å². The minimum atomic E-state index is 0.526. The van der Waals surface area contributed by atoms with Gasteiger partial charge < -0.3 is 10.1 Å². The van der Waals surface area contributed by atoms with Crippen molar-refractivity contribution in [1.82, 2.24) is 4.98 Å². The normalized spacial score (nSPS) is 12.5. The molecule has 1 atom stereocenters. The zero-order chi connectivity index (χ0) is 9.52. The van der Waals surface area contributed by atoms with Crippen molar-refractivity contribution in [2.24, 2.45) is 5.92 Å². The number of nitrogens with zero attached hydrogens (tertiary/aromatic N) is 1. The second-order valence-electron chi connectivity index (χ2n) is 3.18. The summed E-state index contributed by atoms with van der Waals surface area (Å²) in [5.41, 5.74) is 1.11. The summed E-state index contributed by atoms with van der Waals surface area (Å²) >= 11 is 0. The highest BCUT2D eigenvalue weighted by molar-refractivity contribution is 5.40. The van der Waals surface area contributed by atoms with E-state index in [0.29, 0.717) is 5.92 Å². The van der Waals surface area contributed by atoms with Crippen molar-refractivity contribution in [2.45, 2.75) is 6.92 Å². The maximum Gasteiger partial charge on any atom is 0.0504 e. The molecule has 1 N–H and O–H groups in total. The average Bonchev–Trinajstić information content (AvgIpc) is 2.17. The standard InChI is InChI=1S/C10H16N2O/c1-9(8-13-2)7-12-10-3-5-11-6-4-10/h3-6,9H,7-8H2,1-2H3,(H,11,12). The van der Waals surface area contributed by atoms with Crippen LogP contribution in [0, 0.1) is 5.92 Å². The summed E-state index contributed by atoms with van der Waals surface area (Å²) < 4.78 is 5.04. The van der Waals surface area contributed by atoms with Gasteiger partial charge in [-0.15, -0.1) is 0 Å². The third-order valence-electron chi connectivity index (χ3n) is 1.79. The fourth-order valence-electron chi connectivity index (χ4n) is 1.11. The Labute approximate surface area is 79.1 Å². The summed E-state index contributed by atoms with van der Waals surface area (Å²) in [5, 5.41) is 3.31. The number of ether oxygens (including phenoxy) is 1. The lowest BCUT2D eigenvalue weighted by Crippen LogP contribution is -2.15. The lowest BCUT2D eigenvalue weighted by atomic mass is 10.2. The summed E-state index contributed by atoms with van der Waals surface area (Å²) in [6.45, 7) is 3.87. The zero-order valence-electron chi connectivity index (χ0n) is 8.16. The van der Waals surface area contributed by atoms with Crippen LogP contribution in [-0.4, -0.2) is 25.2 Å². The van der Waals surface area contributed by atoms with Crippen molar-refractivity contribution in [3.05, 3.63) is 24.5 Å². The predicted molar refractivity (Wildman–Crippen MR) is 53.8 cm³/mol. The van der Waals surface area contributed by atoms with Crippen LogP contribution in [-0.2, 0) is 4.74 Å². The first kappa shape index (κ1) is 9.99. The van der Waals surface area contributed by atoms with E-state index in [1.165, 1.54) is 0 Å². The molecule has 0 bridgehead atoms. The molecule has 3 nitrogen and oxygen atoms in total. The van der Waals surface area contributed by atoms with Crippen molar-refractivity contribution in [1.29, 1.82) is 0 Å². The molecule has 0 aliphatic carbocycles. The number of methoxy groups -OCH3 is 1. The highest BCUT2D eigenvalue weighted by atomic mass is 16.5. The summed E-state index contributed by atoms with van der Waals surface area (Å²) in [5.74, 6) is 0.526. The topological polar surface area (TPSA) is 34.1 Å². The third kappa shape index (κ3) is 3.90. The Morgan fingerprint density at radius 2 is 2.15 bits per heavy atom. The van der Waals surface area contributed by atoms with Gasteiger partial charge in [-0.05, 0) is 18.1 Å². The Morgan fingerprint density at radius 3 is 2.77 bits per heavy atom. The van der Waals surface area contributed by atoms with E-state index < -0.39 is 0 Å². The Balaban J connectivity index is 2.27. The van der Waals surface area contributed by atoms with Crippen molar-refractivity contribution in [3.63, 3.8) is 0 Å². The number of hydrogen-bond donors (Lipinski definition) is 1. The number of nitrogens with one attached hydrogen (secondary N) is 1. The molecule has 13 heavy (non-hydrogen) atoms. The fourth-order valence-corrected chi connectivity index (χ4v) is 1.11. The van der Waals surface area contributed by atoms with Gasteiger partial charge in [-0.1, -0.05) is 6.92 Å². The third-order valence-corrected chi connectivity index (χ3v) is 1.79. The molecule has 0 saturated heterocycles. The average molecular weight is 180 g/mol. The largest absolute Gasteiger partial charge is 0.385 e. The summed E-state index contributed by atoms with van der Waals surface area (Å²) in [7, 11) is 1.73. The molecule has 0 aliphatic rings. The summed E-state index contributed by atoms with van der Waals surface area (Å²) in [6.07, 6.45) is 3.56. The lowest BCUT2D eigenvalue weighted by molar-refractivity contribution is 0.164. The van der Waals surface area contributed by atoms with Crippen LogP contribution in [0.5, 0.6) is 0 Å². The van der Waals surface area contributed by atoms with Crippen LogP contribution in [0.15, 0.2) is 24.5 Å². The molecular weight excluding hydrogens is 164 g/mol. The van der Waals surface area contributed by atoms with Gasteiger partial charge in [0.05, 0.1) is 6.61 Å². The number of pyridine rings is 1. The van der Waals surface area contributed by atoms with Gasteiger partial charge in [0, 0.05) is 31.7 Å². The molecule has 0 amide bonds. The quantitative estimate of drug-likeness (QED) is 0.750. The lowest BCUT2D eigenvalue weighted by Gasteiger charge is -2.11. The molecular formula is C10H16N2O. The molecule has 1 aromatic rings. The molecule has 3 heteroatoms. The maximum absolute atomic E-state index is 5.04. The van der Waals surface area contributed by atoms with Crippen LogP contribution in [0.4, 0.5) is 5.69 Å². The number of rotatable bonds is 5. The molecule has 1 rings (SSSR count). The van der Waals surface area contributed by atoms with Gasteiger partial charge >= 0.3 is 0 Å². The van der Waals surface area contributed by atoms with Gasteiger partial charge in [-0.25, -0.2) is 0 Å². The number of anilines is 1. The smallest absolute Gasteiger partial charge is 0.0504 e. The highest BCUT2D eigenvalue weighted by Crippen LogP contribution is 2.04. The van der Waals surface area contributed by atoms with Gasteiger partial charge in [0.1, 0.15) is 0 Å². The molecule has 0 spiro atoms. The Bertz CT molecular complexity index is 226. The van der Waals surface area contributed by atoms with E-state index in [2.05, 4.69) is 17.2 Å². The second kappa shape index (κ2) is 5.54. The number of hydrogen-bond acceptors (Lipinski definition) is 3. The minimum Gasteiger partial charge on any atom is -0.385 e. The van der Waals surface area contributed by atoms with Crippen LogP contribution >= 0.6 is 0 Å². The van der Waals surface area contributed by atoms with E-state index in [1.54, 1.807) is 19.5 Å². The van der Waals surface area contributed by atoms with Crippen LogP contribution in [0.1, 0.15) is 6.92 Å². The molecule has 72 valence electrons. The Morgan fingerprint density at radius 1 is 1.46 bits per heavy atom. The number of aromatic nitrogens is 1. The molecule has 0 aliphatic heterocycles. The van der Waals surface area contributed by atoms with Crippen LogP contribution in [0.3, 0.4) is 0 Å². The SMILES string of the molecule is COCC(C)CNc1ccncc1. The van der Waals surface area contributed by atoms with Gasteiger partial charge in [0.2, 0.25) is 0 Å². The van der Waals surface area contributed by atoms with E-state index in [4.69, 9.17) is 4.74 Å². The fraction of sp³-hybridized carbons (Fsp3) is 0.500. The van der Waals surface area contributed by atoms with Gasteiger partial charge in [0.25, 0.3) is 0 Å². The molecule has 0 aromatic carbocycles. The van der Waals surface area contributed by atoms with Crippen molar-refractivity contribution in [3.8, 4) is 0 Å². The maximum atomic E-state index is 5.04. The van der Waals surface area contributed by atoms with Gasteiger partial charge in [-0.3, -0.25) is 4.98 Å².